The Balaban J connectivity index is 0.000000155. The van der Waals surface area contributed by atoms with E-state index in [9.17, 15) is 0 Å². The summed E-state index contributed by atoms with van der Waals surface area (Å²) in [4.78, 5) is 0. The predicted molar refractivity (Wildman–Crippen MR) is 158 cm³/mol. The molecular weight excluding hydrogens is 470 g/mol. The Morgan fingerprint density at radius 3 is 0.974 bits per heavy atom. The van der Waals surface area contributed by atoms with E-state index in [0.29, 0.717) is 10.9 Å². The quantitative estimate of drug-likeness (QED) is 0.274. The summed E-state index contributed by atoms with van der Waals surface area (Å²) in [5.41, 5.74) is 5.38. The van der Waals surface area contributed by atoms with E-state index < -0.39 is 14.2 Å². The largest absolute Gasteiger partial charge is 0.488 e. The van der Waals surface area contributed by atoms with Crippen LogP contribution >= 0.6 is 0 Å². The van der Waals surface area contributed by atoms with Gasteiger partial charge in [-0.25, -0.2) is 0 Å². The fraction of sp³-hybridized carbons (Fsp3) is 0. The minimum absolute atomic E-state index is 0.504. The SMILES string of the molecule is OB(O)c1ccc(-c2ccc3ccccc3c2)cc1.OB(O)c1ccc(-c2ccc3ccccc3c2)cc1. The zero-order valence-corrected chi connectivity index (χ0v) is 20.6. The molecule has 4 N–H and O–H groups in total. The van der Waals surface area contributed by atoms with E-state index in [1.807, 2.05) is 48.5 Å². The van der Waals surface area contributed by atoms with Crippen LogP contribution in [0.3, 0.4) is 0 Å². The summed E-state index contributed by atoms with van der Waals surface area (Å²) >= 11 is 0. The highest BCUT2D eigenvalue weighted by molar-refractivity contribution is 6.59. The number of benzene rings is 6. The van der Waals surface area contributed by atoms with Gasteiger partial charge in [0.25, 0.3) is 0 Å². The highest BCUT2D eigenvalue weighted by atomic mass is 16.4. The van der Waals surface area contributed by atoms with Crippen molar-refractivity contribution in [3.63, 3.8) is 0 Å². The maximum absolute atomic E-state index is 9.08. The maximum atomic E-state index is 9.08. The molecule has 38 heavy (non-hydrogen) atoms. The highest BCUT2D eigenvalue weighted by Gasteiger charge is 2.11. The topological polar surface area (TPSA) is 80.9 Å². The van der Waals surface area contributed by atoms with Gasteiger partial charge in [-0.15, -0.1) is 0 Å². The molecule has 0 atom stereocenters. The third kappa shape index (κ3) is 5.86. The Morgan fingerprint density at radius 2 is 0.632 bits per heavy atom. The van der Waals surface area contributed by atoms with Crippen LogP contribution in [0.5, 0.6) is 0 Å². The fourth-order valence-electron chi connectivity index (χ4n) is 4.43. The van der Waals surface area contributed by atoms with E-state index in [4.69, 9.17) is 20.1 Å². The number of rotatable bonds is 4. The average molecular weight is 496 g/mol. The summed E-state index contributed by atoms with van der Waals surface area (Å²) < 4.78 is 0. The second kappa shape index (κ2) is 11.5. The number of fused-ring (bicyclic) bond motifs is 2. The first kappa shape index (κ1) is 25.5. The maximum Gasteiger partial charge on any atom is 0.488 e. The molecule has 0 fully saturated rings. The van der Waals surface area contributed by atoms with Crippen molar-refractivity contribution >= 4 is 46.7 Å². The first-order valence-corrected chi connectivity index (χ1v) is 12.4. The van der Waals surface area contributed by atoms with Gasteiger partial charge in [0.05, 0.1) is 0 Å². The summed E-state index contributed by atoms with van der Waals surface area (Å²) in [6, 6.07) is 43.6. The lowest BCUT2D eigenvalue weighted by molar-refractivity contribution is 0.424. The molecule has 6 aromatic carbocycles. The van der Waals surface area contributed by atoms with Gasteiger partial charge in [0.1, 0.15) is 0 Å². The lowest BCUT2D eigenvalue weighted by Gasteiger charge is -2.05. The predicted octanol–water partition coefficient (Wildman–Crippen LogP) is 4.37. The van der Waals surface area contributed by atoms with Crippen LogP contribution in [-0.2, 0) is 0 Å². The second-order valence-electron chi connectivity index (χ2n) is 9.12. The van der Waals surface area contributed by atoms with Gasteiger partial charge < -0.3 is 20.1 Å². The van der Waals surface area contributed by atoms with Gasteiger partial charge in [0.15, 0.2) is 0 Å². The number of hydrogen-bond donors (Lipinski definition) is 4. The van der Waals surface area contributed by atoms with Crippen LogP contribution in [0, 0.1) is 0 Å². The van der Waals surface area contributed by atoms with Crippen LogP contribution < -0.4 is 10.9 Å². The van der Waals surface area contributed by atoms with Crippen LogP contribution in [0.25, 0.3) is 43.8 Å². The molecule has 4 nitrogen and oxygen atoms in total. The first-order chi connectivity index (χ1) is 18.5. The van der Waals surface area contributed by atoms with Gasteiger partial charge in [-0.05, 0) is 66.9 Å². The van der Waals surface area contributed by atoms with E-state index in [1.54, 1.807) is 24.3 Å². The molecule has 0 radical (unpaired) electrons. The molecule has 0 saturated heterocycles. The second-order valence-corrected chi connectivity index (χ2v) is 9.12. The Morgan fingerprint density at radius 1 is 0.316 bits per heavy atom. The summed E-state index contributed by atoms with van der Waals surface area (Å²) in [5.74, 6) is 0. The van der Waals surface area contributed by atoms with Crippen molar-refractivity contribution in [3.05, 3.63) is 133 Å². The van der Waals surface area contributed by atoms with E-state index in [0.717, 1.165) is 22.3 Å². The van der Waals surface area contributed by atoms with Crippen LogP contribution in [0.4, 0.5) is 0 Å². The van der Waals surface area contributed by atoms with Gasteiger partial charge in [-0.2, -0.15) is 0 Å². The van der Waals surface area contributed by atoms with Crippen LogP contribution in [0.15, 0.2) is 133 Å². The van der Waals surface area contributed by atoms with Crippen molar-refractivity contribution in [2.45, 2.75) is 0 Å². The van der Waals surface area contributed by atoms with Gasteiger partial charge in [-0.1, -0.05) is 121 Å². The van der Waals surface area contributed by atoms with Gasteiger partial charge in [0, 0.05) is 0 Å². The molecule has 6 heteroatoms. The molecule has 0 spiro atoms. The van der Waals surface area contributed by atoms with Crippen molar-refractivity contribution in [1.82, 2.24) is 0 Å². The zero-order valence-electron chi connectivity index (χ0n) is 20.6. The molecule has 184 valence electrons. The monoisotopic (exact) mass is 496 g/mol. The van der Waals surface area contributed by atoms with E-state index >= 15 is 0 Å². The molecule has 0 aliphatic carbocycles. The average Bonchev–Trinajstić information content (AvgIpc) is 2.97. The number of hydrogen-bond acceptors (Lipinski definition) is 4. The van der Waals surface area contributed by atoms with Crippen molar-refractivity contribution in [1.29, 1.82) is 0 Å². The molecule has 0 aromatic heterocycles. The molecule has 0 saturated carbocycles. The lowest BCUT2D eigenvalue weighted by atomic mass is 9.80. The van der Waals surface area contributed by atoms with Crippen LogP contribution in [-0.4, -0.2) is 34.3 Å². The Hall–Kier alpha value is -4.19. The summed E-state index contributed by atoms with van der Waals surface area (Å²) in [6.07, 6.45) is 0. The molecule has 0 bridgehead atoms. The Labute approximate surface area is 222 Å². The molecule has 0 unspecified atom stereocenters. The molecule has 0 heterocycles. The van der Waals surface area contributed by atoms with Crippen molar-refractivity contribution in [2.75, 3.05) is 0 Å². The summed E-state index contributed by atoms with van der Waals surface area (Å²) in [7, 11) is -2.82. The third-order valence-electron chi connectivity index (χ3n) is 6.58. The normalized spacial score (nSPS) is 10.6. The first-order valence-electron chi connectivity index (χ1n) is 12.4. The smallest absolute Gasteiger partial charge is 0.423 e. The lowest BCUT2D eigenvalue weighted by Crippen LogP contribution is -2.29. The molecule has 6 aromatic rings. The molecule has 0 aliphatic rings. The summed E-state index contributed by atoms with van der Waals surface area (Å²) in [6.45, 7) is 0. The zero-order chi connectivity index (χ0) is 26.5. The van der Waals surface area contributed by atoms with Gasteiger partial charge in [0.2, 0.25) is 0 Å². The van der Waals surface area contributed by atoms with Crippen LogP contribution in [0.1, 0.15) is 0 Å². The van der Waals surface area contributed by atoms with Crippen molar-refractivity contribution < 1.29 is 20.1 Å². The molecule has 6 rings (SSSR count). The minimum Gasteiger partial charge on any atom is -0.423 e. The third-order valence-corrected chi connectivity index (χ3v) is 6.58. The minimum atomic E-state index is -1.41. The van der Waals surface area contributed by atoms with Gasteiger partial charge in [-0.3, -0.25) is 0 Å². The van der Waals surface area contributed by atoms with Crippen molar-refractivity contribution in [2.24, 2.45) is 0 Å². The Bertz CT molecular complexity index is 1540. The van der Waals surface area contributed by atoms with E-state index in [-0.39, 0.29) is 0 Å². The highest BCUT2D eigenvalue weighted by Crippen LogP contribution is 2.25. The van der Waals surface area contributed by atoms with Crippen molar-refractivity contribution in [3.8, 4) is 22.3 Å². The molecule has 0 amide bonds. The van der Waals surface area contributed by atoms with Gasteiger partial charge >= 0.3 is 14.2 Å². The Kier molecular flexibility index (Phi) is 7.68. The van der Waals surface area contributed by atoms with E-state index in [2.05, 4.69) is 60.7 Å². The molecule has 0 aliphatic heterocycles. The fourth-order valence-corrected chi connectivity index (χ4v) is 4.43. The van der Waals surface area contributed by atoms with Crippen LogP contribution in [0.2, 0.25) is 0 Å². The summed E-state index contributed by atoms with van der Waals surface area (Å²) in [5, 5.41) is 41.2. The molecular formula is C32H26B2O4. The van der Waals surface area contributed by atoms with E-state index in [1.165, 1.54) is 21.5 Å². The standard InChI is InChI=1S/2C16H13BO2/c2*18-17(19)16-9-7-13(8-10-16)15-6-5-12-3-1-2-4-14(12)11-15/h2*1-11,18-19H.